The van der Waals surface area contributed by atoms with Crippen LogP contribution in [0, 0.1) is 11.3 Å². The molecule has 0 amide bonds. The van der Waals surface area contributed by atoms with Gasteiger partial charge in [0, 0.05) is 30.8 Å². The maximum atomic E-state index is 10.0. The summed E-state index contributed by atoms with van der Waals surface area (Å²) < 4.78 is 10.9. The van der Waals surface area contributed by atoms with Crippen molar-refractivity contribution in [1.82, 2.24) is 9.88 Å². The number of furan rings is 1. The first kappa shape index (κ1) is 18.6. The molecule has 6 heteroatoms. The second-order valence-electron chi connectivity index (χ2n) is 6.79. The number of benzene rings is 1. The van der Waals surface area contributed by atoms with Crippen molar-refractivity contribution in [2.24, 2.45) is 0 Å². The van der Waals surface area contributed by atoms with Crippen LogP contribution in [0.25, 0.3) is 11.1 Å². The van der Waals surface area contributed by atoms with E-state index in [4.69, 9.17) is 14.1 Å². The van der Waals surface area contributed by atoms with Gasteiger partial charge in [-0.1, -0.05) is 23.9 Å². The Kier molecular flexibility index (Phi) is 5.38. The molecular weight excluding hydrogens is 370 g/mol. The van der Waals surface area contributed by atoms with Crippen LogP contribution in [0.2, 0.25) is 0 Å². The molecule has 0 atom stereocenters. The summed E-state index contributed by atoms with van der Waals surface area (Å²) in [6.07, 6.45) is 2.54. The molecule has 3 aromatic rings. The zero-order chi connectivity index (χ0) is 19.5. The van der Waals surface area contributed by atoms with Crippen LogP contribution in [0.5, 0.6) is 5.75 Å². The zero-order valence-corrected chi connectivity index (χ0v) is 16.8. The van der Waals surface area contributed by atoms with E-state index in [0.717, 1.165) is 58.4 Å². The van der Waals surface area contributed by atoms with Crippen LogP contribution < -0.4 is 4.74 Å². The lowest BCUT2D eigenvalue weighted by Gasteiger charge is -2.28. The van der Waals surface area contributed by atoms with E-state index >= 15 is 0 Å². The number of hydrogen-bond donors (Lipinski definition) is 0. The summed E-state index contributed by atoms with van der Waals surface area (Å²) in [6, 6.07) is 14.1. The van der Waals surface area contributed by atoms with Crippen LogP contribution in [0.4, 0.5) is 0 Å². The number of likely N-dealkylation sites (N-methyl/N-ethyl adjacent to an activating group) is 1. The van der Waals surface area contributed by atoms with Crippen LogP contribution in [-0.2, 0) is 18.7 Å². The lowest BCUT2D eigenvalue weighted by Crippen LogP contribution is -2.28. The Hall–Kier alpha value is -2.75. The van der Waals surface area contributed by atoms with Gasteiger partial charge in [0.1, 0.15) is 22.6 Å². The van der Waals surface area contributed by atoms with Gasteiger partial charge in [-0.05, 0) is 42.4 Å². The number of aromatic nitrogens is 1. The molecule has 0 radical (unpaired) electrons. The van der Waals surface area contributed by atoms with E-state index in [1.165, 1.54) is 0 Å². The van der Waals surface area contributed by atoms with Crippen LogP contribution in [0.15, 0.2) is 52.1 Å². The Labute approximate surface area is 168 Å². The van der Waals surface area contributed by atoms with Gasteiger partial charge >= 0.3 is 0 Å². The maximum absolute atomic E-state index is 10.0. The minimum atomic E-state index is 0.624. The number of thioether (sulfide) groups is 1. The molecule has 5 nitrogen and oxygen atoms in total. The number of nitriles is 1. The van der Waals surface area contributed by atoms with Crippen molar-refractivity contribution in [3.05, 3.63) is 65.2 Å². The first-order valence-corrected chi connectivity index (χ1v) is 10.1. The van der Waals surface area contributed by atoms with Gasteiger partial charge in [-0.25, -0.2) is 4.98 Å². The van der Waals surface area contributed by atoms with E-state index in [1.54, 1.807) is 25.1 Å². The van der Waals surface area contributed by atoms with E-state index in [2.05, 4.69) is 18.0 Å². The lowest BCUT2D eigenvalue weighted by atomic mass is 9.91. The van der Waals surface area contributed by atoms with Crippen molar-refractivity contribution in [3.8, 4) is 22.9 Å². The molecule has 3 heterocycles. The molecular formula is C22H21N3O2S. The highest BCUT2D eigenvalue weighted by Gasteiger charge is 2.25. The lowest BCUT2D eigenvalue weighted by molar-refractivity contribution is 0.309. The molecule has 4 rings (SSSR count). The summed E-state index contributed by atoms with van der Waals surface area (Å²) in [5.74, 6) is 2.29. The SMILES string of the molecule is COc1cccc(-c2c(C#N)c(SCc3ccco3)nc3c2CN(C)CC3)c1. The highest BCUT2D eigenvalue weighted by molar-refractivity contribution is 7.98. The Balaban J connectivity index is 1.85. The summed E-state index contributed by atoms with van der Waals surface area (Å²) in [7, 11) is 3.76. The molecule has 0 spiro atoms. The van der Waals surface area contributed by atoms with E-state index in [9.17, 15) is 5.26 Å². The molecule has 1 aliphatic heterocycles. The van der Waals surface area contributed by atoms with Crippen molar-refractivity contribution in [2.45, 2.75) is 23.7 Å². The van der Waals surface area contributed by atoms with E-state index in [-0.39, 0.29) is 0 Å². The highest BCUT2D eigenvalue weighted by Crippen LogP contribution is 2.38. The second kappa shape index (κ2) is 8.09. The fourth-order valence-electron chi connectivity index (χ4n) is 3.51. The van der Waals surface area contributed by atoms with Crippen LogP contribution >= 0.6 is 11.8 Å². The molecule has 2 aromatic heterocycles. The van der Waals surface area contributed by atoms with E-state index in [1.807, 2.05) is 36.4 Å². The van der Waals surface area contributed by atoms with Gasteiger partial charge in [0.15, 0.2) is 0 Å². The minimum absolute atomic E-state index is 0.624. The molecule has 0 fully saturated rings. The number of nitrogens with zero attached hydrogens (tertiary/aromatic N) is 3. The number of rotatable bonds is 5. The van der Waals surface area contributed by atoms with Gasteiger partial charge in [0.25, 0.3) is 0 Å². The van der Waals surface area contributed by atoms with Gasteiger partial charge in [-0.15, -0.1) is 0 Å². The molecule has 0 bridgehead atoms. The number of hydrogen-bond acceptors (Lipinski definition) is 6. The molecule has 0 N–H and O–H groups in total. The first-order valence-electron chi connectivity index (χ1n) is 9.13. The van der Waals surface area contributed by atoms with Gasteiger partial charge in [-0.3, -0.25) is 0 Å². The van der Waals surface area contributed by atoms with E-state index in [0.29, 0.717) is 11.3 Å². The fraction of sp³-hybridized carbons (Fsp3) is 0.273. The number of methoxy groups -OCH3 is 1. The zero-order valence-electron chi connectivity index (χ0n) is 15.9. The van der Waals surface area contributed by atoms with Gasteiger partial charge in [0.05, 0.1) is 24.7 Å². The Morgan fingerprint density at radius 1 is 1.32 bits per heavy atom. The van der Waals surface area contributed by atoms with E-state index < -0.39 is 0 Å². The van der Waals surface area contributed by atoms with Gasteiger partial charge in [0.2, 0.25) is 0 Å². The summed E-state index contributed by atoms with van der Waals surface area (Å²) in [5, 5.41) is 10.8. The molecule has 1 aromatic carbocycles. The largest absolute Gasteiger partial charge is 0.497 e. The molecule has 0 saturated heterocycles. The van der Waals surface area contributed by atoms with Crippen molar-refractivity contribution < 1.29 is 9.15 Å². The Morgan fingerprint density at radius 3 is 2.96 bits per heavy atom. The average molecular weight is 391 g/mol. The molecule has 0 unspecified atom stereocenters. The van der Waals surface area contributed by atoms with Gasteiger partial charge in [-0.2, -0.15) is 5.26 Å². The summed E-state index contributed by atoms with van der Waals surface area (Å²) in [6.45, 7) is 1.75. The summed E-state index contributed by atoms with van der Waals surface area (Å²) >= 11 is 1.55. The first-order chi connectivity index (χ1) is 13.7. The number of ether oxygens (including phenoxy) is 1. The average Bonchev–Trinajstić information content (AvgIpc) is 3.25. The van der Waals surface area contributed by atoms with Crippen molar-refractivity contribution in [3.63, 3.8) is 0 Å². The van der Waals surface area contributed by atoms with Crippen molar-refractivity contribution in [2.75, 3.05) is 20.7 Å². The standard InChI is InChI=1S/C22H21N3O2S/c1-25-9-8-20-19(13-25)21(15-5-3-6-16(11-15)26-2)18(12-23)22(24-20)28-14-17-7-4-10-27-17/h3-7,10-11H,8-9,13-14H2,1-2H3. The predicted molar refractivity (Wildman–Crippen MR) is 109 cm³/mol. The second-order valence-corrected chi connectivity index (χ2v) is 7.76. The minimum Gasteiger partial charge on any atom is -0.497 e. The maximum Gasteiger partial charge on any atom is 0.119 e. The fourth-order valence-corrected chi connectivity index (χ4v) is 4.42. The quantitative estimate of drug-likeness (QED) is 0.597. The molecule has 28 heavy (non-hydrogen) atoms. The Bertz CT molecular complexity index is 1030. The van der Waals surface area contributed by atoms with Crippen molar-refractivity contribution in [1.29, 1.82) is 5.26 Å². The summed E-state index contributed by atoms with van der Waals surface area (Å²) in [4.78, 5) is 7.16. The normalized spacial score (nSPS) is 13.8. The molecule has 142 valence electrons. The topological polar surface area (TPSA) is 62.3 Å². The highest BCUT2D eigenvalue weighted by atomic mass is 32.2. The van der Waals surface area contributed by atoms with Crippen molar-refractivity contribution >= 4 is 11.8 Å². The predicted octanol–water partition coefficient (Wildman–Crippen LogP) is 4.50. The number of fused-ring (bicyclic) bond motifs is 1. The van der Waals surface area contributed by atoms with Crippen LogP contribution in [-0.4, -0.2) is 30.6 Å². The third-order valence-electron chi connectivity index (χ3n) is 4.91. The third-order valence-corrected chi connectivity index (χ3v) is 5.91. The van der Waals surface area contributed by atoms with Crippen LogP contribution in [0.1, 0.15) is 22.6 Å². The van der Waals surface area contributed by atoms with Gasteiger partial charge < -0.3 is 14.1 Å². The Morgan fingerprint density at radius 2 is 2.21 bits per heavy atom. The summed E-state index contributed by atoms with van der Waals surface area (Å²) in [5.41, 5.74) is 4.81. The molecule has 1 aliphatic rings. The monoisotopic (exact) mass is 391 g/mol. The number of pyridine rings is 1. The van der Waals surface area contributed by atoms with Crippen LogP contribution in [0.3, 0.4) is 0 Å². The molecule has 0 saturated carbocycles. The molecule has 0 aliphatic carbocycles. The third kappa shape index (κ3) is 3.64. The smallest absolute Gasteiger partial charge is 0.119 e.